The van der Waals surface area contributed by atoms with Crippen molar-refractivity contribution in [2.24, 2.45) is 0 Å². The van der Waals surface area contributed by atoms with Gasteiger partial charge in [-0.25, -0.2) is 0 Å². The Hall–Kier alpha value is -4.88. The number of hydrogen-bond donors (Lipinski definition) is 0. The fourth-order valence-corrected chi connectivity index (χ4v) is 6.32. The highest BCUT2D eigenvalue weighted by Crippen LogP contribution is 2.49. The van der Waals surface area contributed by atoms with Gasteiger partial charge in [-0.05, 0) is 98.1 Å². The van der Waals surface area contributed by atoms with Gasteiger partial charge in [-0.15, -0.1) is 0 Å². The molecule has 6 aromatic carbocycles. The molecule has 1 heteroatoms. The van der Waals surface area contributed by atoms with Crippen molar-refractivity contribution in [3.8, 4) is 44.5 Å². The highest BCUT2D eigenvalue weighted by Gasteiger charge is 2.35. The largest absolute Gasteiger partial charge is 0.345 e. The number of hydrogen-bond acceptors (Lipinski definition) is 1. The minimum Gasteiger partial charge on any atom is -0.345 e. The van der Waals surface area contributed by atoms with Crippen molar-refractivity contribution in [1.29, 1.82) is 0 Å². The van der Waals surface area contributed by atoms with E-state index in [9.17, 15) is 0 Å². The van der Waals surface area contributed by atoms with E-state index in [1.807, 2.05) is 0 Å². The van der Waals surface area contributed by atoms with Crippen LogP contribution in [0.3, 0.4) is 0 Å². The minimum absolute atomic E-state index is 0.00708. The molecule has 0 aliphatic heterocycles. The molecule has 7 rings (SSSR count). The Morgan fingerprint density at radius 3 is 1.44 bits per heavy atom. The molecule has 0 N–H and O–H groups in total. The Morgan fingerprint density at radius 2 is 0.854 bits per heavy atom. The summed E-state index contributed by atoms with van der Waals surface area (Å²) in [7, 11) is 2.16. The second kappa shape index (κ2) is 9.94. The Kier molecular flexibility index (Phi) is 6.09. The molecule has 1 aliphatic carbocycles. The van der Waals surface area contributed by atoms with Gasteiger partial charge in [0.1, 0.15) is 0 Å². The van der Waals surface area contributed by atoms with E-state index < -0.39 is 0 Å². The van der Waals surface area contributed by atoms with Gasteiger partial charge in [0.15, 0.2) is 0 Å². The van der Waals surface area contributed by atoms with E-state index in [0.29, 0.717) is 0 Å². The topological polar surface area (TPSA) is 3.24 Å². The zero-order valence-electron chi connectivity index (χ0n) is 23.8. The molecule has 0 heterocycles. The molecule has 1 aliphatic rings. The summed E-state index contributed by atoms with van der Waals surface area (Å²) in [6, 6.07) is 52.9. The zero-order valence-corrected chi connectivity index (χ0v) is 23.8. The van der Waals surface area contributed by atoms with Crippen LogP contribution in [-0.4, -0.2) is 7.05 Å². The molecule has 0 aromatic heterocycles. The van der Waals surface area contributed by atoms with Crippen molar-refractivity contribution >= 4 is 11.4 Å². The third kappa shape index (κ3) is 4.44. The van der Waals surface area contributed by atoms with Crippen molar-refractivity contribution < 1.29 is 0 Å². The summed E-state index contributed by atoms with van der Waals surface area (Å²) in [5.74, 6) is 0. The Bertz CT molecular complexity index is 1790. The van der Waals surface area contributed by atoms with Gasteiger partial charge < -0.3 is 4.90 Å². The van der Waals surface area contributed by atoms with Gasteiger partial charge in [0.25, 0.3) is 0 Å². The van der Waals surface area contributed by atoms with Crippen LogP contribution in [0.4, 0.5) is 11.4 Å². The monoisotopic (exact) mass is 527 g/mol. The number of benzene rings is 6. The lowest BCUT2D eigenvalue weighted by Crippen LogP contribution is -2.16. The van der Waals surface area contributed by atoms with E-state index in [0.717, 1.165) is 0 Å². The van der Waals surface area contributed by atoms with Crippen LogP contribution in [0.15, 0.2) is 146 Å². The molecule has 0 bridgehead atoms. The molecule has 0 fully saturated rings. The Morgan fingerprint density at radius 1 is 0.390 bits per heavy atom. The van der Waals surface area contributed by atoms with E-state index in [2.05, 4.69) is 171 Å². The molecule has 1 nitrogen and oxygen atoms in total. The molecular formula is C40H33N. The third-order valence-electron chi connectivity index (χ3n) is 8.69. The fraction of sp³-hybridized carbons (Fsp3) is 0.100. The molecule has 41 heavy (non-hydrogen) atoms. The molecule has 0 spiro atoms. The number of rotatable bonds is 5. The van der Waals surface area contributed by atoms with Crippen molar-refractivity contribution in [2.75, 3.05) is 11.9 Å². The molecule has 0 amide bonds. The van der Waals surface area contributed by atoms with Gasteiger partial charge in [0.2, 0.25) is 0 Å². The first-order chi connectivity index (χ1) is 20.0. The zero-order chi connectivity index (χ0) is 28.0. The normalized spacial score (nSPS) is 13.0. The summed E-state index contributed by atoms with van der Waals surface area (Å²) in [5.41, 5.74) is 15.2. The van der Waals surface area contributed by atoms with Crippen molar-refractivity contribution in [1.82, 2.24) is 0 Å². The standard InChI is InChI=1S/C40H33N/c1-40(2)38-17-11-10-16-36(38)37-23-22-35(27-39(37)40)41(3)34-20-18-30(19-21-34)33-25-31(28-12-6-4-7-13-28)24-32(26-33)29-14-8-5-9-15-29/h4-27H,1-3H3. The molecule has 0 radical (unpaired) electrons. The highest BCUT2D eigenvalue weighted by molar-refractivity contribution is 5.84. The van der Waals surface area contributed by atoms with Crippen LogP contribution in [-0.2, 0) is 5.41 Å². The van der Waals surface area contributed by atoms with Gasteiger partial charge >= 0.3 is 0 Å². The van der Waals surface area contributed by atoms with Crippen LogP contribution in [0.1, 0.15) is 25.0 Å². The predicted octanol–water partition coefficient (Wildman–Crippen LogP) is 10.8. The second-order valence-corrected chi connectivity index (χ2v) is 11.5. The number of fused-ring (bicyclic) bond motifs is 3. The van der Waals surface area contributed by atoms with E-state index in [1.165, 1.54) is 67.0 Å². The van der Waals surface area contributed by atoms with Crippen LogP contribution < -0.4 is 4.90 Å². The van der Waals surface area contributed by atoms with Gasteiger partial charge in [-0.1, -0.05) is 117 Å². The minimum atomic E-state index is -0.00708. The lowest BCUT2D eigenvalue weighted by molar-refractivity contribution is 0.660. The predicted molar refractivity (Wildman–Crippen MR) is 175 cm³/mol. The summed E-state index contributed by atoms with van der Waals surface area (Å²) >= 11 is 0. The first kappa shape index (κ1) is 25.1. The smallest absolute Gasteiger partial charge is 0.0411 e. The van der Waals surface area contributed by atoms with Crippen LogP contribution in [0.25, 0.3) is 44.5 Å². The van der Waals surface area contributed by atoms with Gasteiger partial charge in [0.05, 0.1) is 0 Å². The summed E-state index contributed by atoms with van der Waals surface area (Å²) in [6.07, 6.45) is 0. The molecule has 198 valence electrons. The highest BCUT2D eigenvalue weighted by atomic mass is 15.1. The molecule has 0 atom stereocenters. The van der Waals surface area contributed by atoms with Crippen LogP contribution in [0, 0.1) is 0 Å². The van der Waals surface area contributed by atoms with Crippen LogP contribution in [0.5, 0.6) is 0 Å². The Labute approximate surface area is 243 Å². The van der Waals surface area contributed by atoms with E-state index in [4.69, 9.17) is 0 Å². The molecular weight excluding hydrogens is 494 g/mol. The molecule has 6 aromatic rings. The first-order valence-corrected chi connectivity index (χ1v) is 14.3. The average Bonchev–Trinajstić information content (AvgIpc) is 3.27. The van der Waals surface area contributed by atoms with Gasteiger partial charge in [-0.2, -0.15) is 0 Å². The van der Waals surface area contributed by atoms with Crippen LogP contribution >= 0.6 is 0 Å². The summed E-state index contributed by atoms with van der Waals surface area (Å²) < 4.78 is 0. The summed E-state index contributed by atoms with van der Waals surface area (Å²) in [5, 5.41) is 0. The van der Waals surface area contributed by atoms with E-state index in [-0.39, 0.29) is 5.41 Å². The quantitative estimate of drug-likeness (QED) is 0.215. The summed E-state index contributed by atoms with van der Waals surface area (Å²) in [6.45, 7) is 4.67. The molecule has 0 saturated heterocycles. The lowest BCUT2D eigenvalue weighted by Gasteiger charge is -2.25. The maximum absolute atomic E-state index is 2.37. The second-order valence-electron chi connectivity index (χ2n) is 11.5. The van der Waals surface area contributed by atoms with Gasteiger partial charge in [-0.3, -0.25) is 0 Å². The van der Waals surface area contributed by atoms with E-state index >= 15 is 0 Å². The van der Waals surface area contributed by atoms with Crippen molar-refractivity contribution in [3.05, 3.63) is 157 Å². The Balaban J connectivity index is 1.23. The van der Waals surface area contributed by atoms with Gasteiger partial charge in [0, 0.05) is 23.8 Å². The average molecular weight is 528 g/mol. The number of anilines is 2. The van der Waals surface area contributed by atoms with E-state index in [1.54, 1.807) is 0 Å². The molecule has 0 unspecified atom stereocenters. The van der Waals surface area contributed by atoms with Crippen molar-refractivity contribution in [3.63, 3.8) is 0 Å². The maximum Gasteiger partial charge on any atom is 0.0411 e. The third-order valence-corrected chi connectivity index (χ3v) is 8.69. The summed E-state index contributed by atoms with van der Waals surface area (Å²) in [4.78, 5) is 2.29. The SMILES string of the molecule is CN(c1ccc(-c2cc(-c3ccccc3)cc(-c3ccccc3)c2)cc1)c1ccc2c(c1)C(C)(C)c1ccccc1-2. The first-order valence-electron chi connectivity index (χ1n) is 14.3. The fourth-order valence-electron chi connectivity index (χ4n) is 6.32. The van der Waals surface area contributed by atoms with Crippen LogP contribution in [0.2, 0.25) is 0 Å². The maximum atomic E-state index is 2.37. The molecule has 0 saturated carbocycles. The number of nitrogens with zero attached hydrogens (tertiary/aromatic N) is 1. The lowest BCUT2D eigenvalue weighted by atomic mass is 9.82. The van der Waals surface area contributed by atoms with Crippen molar-refractivity contribution in [2.45, 2.75) is 19.3 Å².